The van der Waals surface area contributed by atoms with Crippen molar-refractivity contribution < 1.29 is 14.6 Å². The number of carbonyl (C=O) groups is 1. The van der Waals surface area contributed by atoms with Gasteiger partial charge in [-0.2, -0.15) is 0 Å². The Bertz CT molecular complexity index is 338. The summed E-state index contributed by atoms with van der Waals surface area (Å²) in [5.74, 6) is 0.00470. The monoisotopic (exact) mass is 206 g/mol. The number of aliphatic carboxylic acids is 1. The van der Waals surface area contributed by atoms with Gasteiger partial charge in [0.1, 0.15) is 5.75 Å². The predicted molar refractivity (Wildman–Crippen MR) is 58.9 cm³/mol. The lowest BCUT2D eigenvalue weighted by molar-refractivity contribution is -0.135. The Kier molecular flexibility index (Phi) is 4.41. The van der Waals surface area contributed by atoms with Gasteiger partial charge >= 0.3 is 5.97 Å². The first kappa shape index (κ1) is 11.3. The third-order valence-electron chi connectivity index (χ3n) is 1.79. The molecule has 0 heterocycles. The summed E-state index contributed by atoms with van der Waals surface area (Å²) in [7, 11) is 0. The summed E-state index contributed by atoms with van der Waals surface area (Å²) in [6.45, 7) is 2.58. The van der Waals surface area contributed by atoms with Gasteiger partial charge < -0.3 is 9.84 Å². The Morgan fingerprint density at radius 2 is 2.07 bits per heavy atom. The molecule has 80 valence electrons. The molecule has 0 atom stereocenters. The molecular weight excluding hydrogens is 192 g/mol. The Hall–Kier alpha value is -1.77. The molecule has 0 saturated heterocycles. The molecule has 0 aromatic heterocycles. The van der Waals surface area contributed by atoms with Crippen molar-refractivity contribution in [3.63, 3.8) is 0 Å². The smallest absolute Gasteiger partial charge is 0.307 e. The van der Waals surface area contributed by atoms with E-state index in [1.54, 1.807) is 12.2 Å². The van der Waals surface area contributed by atoms with E-state index in [9.17, 15) is 4.79 Å². The zero-order valence-corrected chi connectivity index (χ0v) is 8.64. The fourth-order valence-electron chi connectivity index (χ4n) is 1.14. The predicted octanol–water partition coefficient (Wildman–Crippen LogP) is 2.57. The van der Waals surface area contributed by atoms with E-state index in [2.05, 4.69) is 0 Å². The molecule has 0 aliphatic rings. The summed E-state index contributed by atoms with van der Waals surface area (Å²) < 4.78 is 5.29. The van der Waals surface area contributed by atoms with Crippen molar-refractivity contribution in [2.24, 2.45) is 0 Å². The maximum atomic E-state index is 10.3. The molecule has 0 amide bonds. The summed E-state index contributed by atoms with van der Waals surface area (Å²) in [6.07, 6.45) is 3.45. The molecule has 0 aliphatic heterocycles. The van der Waals surface area contributed by atoms with E-state index in [1.165, 1.54) is 0 Å². The lowest BCUT2D eigenvalue weighted by Gasteiger charge is -2.01. The molecule has 15 heavy (non-hydrogen) atoms. The quantitative estimate of drug-likeness (QED) is 0.805. The standard InChI is InChI=1S/C12H14O3/c1-2-15-11-8-6-10(7-9-11)4-3-5-12(13)14/h3-4,6-9H,2,5H2,1H3,(H,13,14). The van der Waals surface area contributed by atoms with Crippen LogP contribution in [0.25, 0.3) is 6.08 Å². The van der Waals surface area contributed by atoms with E-state index < -0.39 is 5.97 Å². The molecule has 1 N–H and O–H groups in total. The number of hydrogen-bond acceptors (Lipinski definition) is 2. The average molecular weight is 206 g/mol. The highest BCUT2D eigenvalue weighted by atomic mass is 16.5. The van der Waals surface area contributed by atoms with Crippen molar-refractivity contribution >= 4 is 12.0 Å². The van der Waals surface area contributed by atoms with Crippen molar-refractivity contribution in [1.82, 2.24) is 0 Å². The lowest BCUT2D eigenvalue weighted by atomic mass is 10.2. The highest BCUT2D eigenvalue weighted by Crippen LogP contribution is 2.13. The third kappa shape index (κ3) is 4.31. The number of ether oxygens (including phenoxy) is 1. The molecule has 3 nitrogen and oxygen atoms in total. The van der Waals surface area contributed by atoms with Gasteiger partial charge in [-0.1, -0.05) is 24.3 Å². The van der Waals surface area contributed by atoms with E-state index >= 15 is 0 Å². The SMILES string of the molecule is CCOc1ccc(C=CCC(=O)O)cc1. The lowest BCUT2D eigenvalue weighted by Crippen LogP contribution is -1.91. The van der Waals surface area contributed by atoms with Gasteiger partial charge in [0.15, 0.2) is 0 Å². The topological polar surface area (TPSA) is 46.5 Å². The van der Waals surface area contributed by atoms with Gasteiger partial charge in [0.05, 0.1) is 13.0 Å². The summed E-state index contributed by atoms with van der Waals surface area (Å²) >= 11 is 0. The van der Waals surface area contributed by atoms with E-state index in [1.807, 2.05) is 31.2 Å². The number of carboxylic acids is 1. The minimum absolute atomic E-state index is 0.0488. The first-order valence-electron chi connectivity index (χ1n) is 4.83. The number of benzene rings is 1. The Labute approximate surface area is 89.0 Å². The van der Waals surface area contributed by atoms with Gasteiger partial charge in [0.25, 0.3) is 0 Å². The third-order valence-corrected chi connectivity index (χ3v) is 1.79. The molecule has 0 bridgehead atoms. The largest absolute Gasteiger partial charge is 0.494 e. The second-order valence-corrected chi connectivity index (χ2v) is 3.00. The van der Waals surface area contributed by atoms with Gasteiger partial charge in [-0.05, 0) is 24.6 Å². The highest BCUT2D eigenvalue weighted by Gasteiger charge is 1.92. The van der Waals surface area contributed by atoms with Crippen molar-refractivity contribution in [2.75, 3.05) is 6.61 Å². The molecule has 0 saturated carbocycles. The van der Waals surface area contributed by atoms with E-state index in [4.69, 9.17) is 9.84 Å². The van der Waals surface area contributed by atoms with E-state index in [0.717, 1.165) is 11.3 Å². The second-order valence-electron chi connectivity index (χ2n) is 3.00. The van der Waals surface area contributed by atoms with Crippen LogP contribution in [0.5, 0.6) is 5.75 Å². The zero-order valence-electron chi connectivity index (χ0n) is 8.64. The van der Waals surface area contributed by atoms with Gasteiger partial charge in [0.2, 0.25) is 0 Å². The Balaban J connectivity index is 2.56. The maximum absolute atomic E-state index is 10.3. The summed E-state index contributed by atoms with van der Waals surface area (Å²) in [4.78, 5) is 10.3. The maximum Gasteiger partial charge on any atom is 0.307 e. The Morgan fingerprint density at radius 3 is 2.60 bits per heavy atom. The van der Waals surface area contributed by atoms with Crippen LogP contribution in [0.2, 0.25) is 0 Å². The normalized spacial score (nSPS) is 10.5. The number of carboxylic acid groups (broad SMARTS) is 1. The van der Waals surface area contributed by atoms with Gasteiger partial charge in [0, 0.05) is 0 Å². The van der Waals surface area contributed by atoms with E-state index in [0.29, 0.717) is 6.61 Å². The van der Waals surface area contributed by atoms with Crippen LogP contribution in [-0.4, -0.2) is 17.7 Å². The molecular formula is C12H14O3. The van der Waals surface area contributed by atoms with Crippen LogP contribution in [0.4, 0.5) is 0 Å². The minimum atomic E-state index is -0.822. The van der Waals surface area contributed by atoms with Crippen LogP contribution in [0.1, 0.15) is 18.9 Å². The van der Waals surface area contributed by atoms with Crippen LogP contribution in [0.15, 0.2) is 30.3 Å². The first-order chi connectivity index (χ1) is 7.22. The molecule has 0 radical (unpaired) electrons. The summed E-state index contributed by atoms with van der Waals surface area (Å²) in [6, 6.07) is 7.51. The first-order valence-corrected chi connectivity index (χ1v) is 4.83. The van der Waals surface area contributed by atoms with Crippen molar-refractivity contribution in [1.29, 1.82) is 0 Å². The molecule has 1 aromatic carbocycles. The summed E-state index contributed by atoms with van der Waals surface area (Å²) in [5, 5.41) is 8.43. The number of hydrogen-bond donors (Lipinski definition) is 1. The van der Waals surface area contributed by atoms with Gasteiger partial charge in [-0.25, -0.2) is 0 Å². The highest BCUT2D eigenvalue weighted by molar-refractivity contribution is 5.70. The van der Waals surface area contributed by atoms with Gasteiger partial charge in [-0.3, -0.25) is 4.79 Å². The van der Waals surface area contributed by atoms with Crippen molar-refractivity contribution in [3.8, 4) is 5.75 Å². The van der Waals surface area contributed by atoms with Crippen LogP contribution in [-0.2, 0) is 4.79 Å². The van der Waals surface area contributed by atoms with Gasteiger partial charge in [-0.15, -0.1) is 0 Å². The molecule has 0 aliphatic carbocycles. The average Bonchev–Trinajstić information content (AvgIpc) is 2.20. The van der Waals surface area contributed by atoms with Crippen LogP contribution >= 0.6 is 0 Å². The van der Waals surface area contributed by atoms with Crippen molar-refractivity contribution in [2.45, 2.75) is 13.3 Å². The molecule has 0 spiro atoms. The fourth-order valence-corrected chi connectivity index (χ4v) is 1.14. The molecule has 0 unspecified atom stereocenters. The fraction of sp³-hybridized carbons (Fsp3) is 0.250. The molecule has 1 aromatic rings. The van der Waals surface area contributed by atoms with Crippen LogP contribution < -0.4 is 4.74 Å². The summed E-state index contributed by atoms with van der Waals surface area (Å²) in [5.41, 5.74) is 0.972. The van der Waals surface area contributed by atoms with Crippen LogP contribution in [0, 0.1) is 0 Å². The Morgan fingerprint density at radius 1 is 1.40 bits per heavy atom. The zero-order chi connectivity index (χ0) is 11.1. The molecule has 3 heteroatoms. The van der Waals surface area contributed by atoms with E-state index in [-0.39, 0.29) is 6.42 Å². The second kappa shape index (κ2) is 5.86. The molecule has 0 fully saturated rings. The van der Waals surface area contributed by atoms with Crippen molar-refractivity contribution in [3.05, 3.63) is 35.9 Å². The van der Waals surface area contributed by atoms with Crippen LogP contribution in [0.3, 0.4) is 0 Å². The minimum Gasteiger partial charge on any atom is -0.494 e. The molecule has 1 rings (SSSR count). The number of rotatable bonds is 5.